The van der Waals surface area contributed by atoms with E-state index in [0.717, 1.165) is 17.7 Å². The van der Waals surface area contributed by atoms with E-state index in [2.05, 4.69) is 20.6 Å². The van der Waals surface area contributed by atoms with Crippen LogP contribution in [0.2, 0.25) is 10.0 Å². The number of pyridine rings is 1. The molecule has 1 heterocycles. The zero-order chi connectivity index (χ0) is 22.6. The number of nitrogens with two attached hydrogens (primary N) is 1. The van der Waals surface area contributed by atoms with Crippen LogP contribution in [-0.4, -0.2) is 23.1 Å². The predicted molar refractivity (Wildman–Crippen MR) is 128 cm³/mol. The van der Waals surface area contributed by atoms with Gasteiger partial charge in [-0.15, -0.1) is 0 Å². The molecular formula is C23H27Cl2N5O. The van der Waals surface area contributed by atoms with E-state index < -0.39 is 0 Å². The molecule has 2 rings (SSSR count). The predicted octanol–water partition coefficient (Wildman–Crippen LogP) is 4.39. The summed E-state index contributed by atoms with van der Waals surface area (Å²) in [6.07, 6.45) is 6.37. The van der Waals surface area contributed by atoms with E-state index in [4.69, 9.17) is 28.9 Å². The Balaban J connectivity index is 2.06. The third-order valence-electron chi connectivity index (χ3n) is 4.33. The lowest BCUT2D eigenvalue weighted by Gasteiger charge is -2.14. The van der Waals surface area contributed by atoms with Gasteiger partial charge in [0.1, 0.15) is 11.5 Å². The average Bonchev–Trinajstić information content (AvgIpc) is 2.77. The smallest absolute Gasteiger partial charge is 0.275 e. The summed E-state index contributed by atoms with van der Waals surface area (Å²) in [4.78, 5) is 21.7. The molecule has 0 spiro atoms. The molecule has 0 saturated carbocycles. The Hall–Kier alpha value is -2.83. The van der Waals surface area contributed by atoms with Crippen molar-refractivity contribution in [3.05, 3.63) is 87.6 Å². The molecule has 164 valence electrons. The first-order valence-electron chi connectivity index (χ1n) is 9.97. The Morgan fingerprint density at radius 1 is 1.23 bits per heavy atom. The number of allylic oxidation sites excluding steroid dienone is 1. The molecule has 1 aromatic heterocycles. The molecule has 0 aliphatic carbocycles. The summed E-state index contributed by atoms with van der Waals surface area (Å²) in [5.74, 6) is 0.252. The molecule has 6 nitrogen and oxygen atoms in total. The average molecular weight is 460 g/mol. The van der Waals surface area contributed by atoms with Crippen molar-refractivity contribution in [3.63, 3.8) is 0 Å². The van der Waals surface area contributed by atoms with Crippen LogP contribution in [0.15, 0.2) is 71.3 Å². The number of aliphatic imine (C=N–C) groups is 1. The number of benzene rings is 1. The van der Waals surface area contributed by atoms with Crippen LogP contribution < -0.4 is 16.4 Å². The summed E-state index contributed by atoms with van der Waals surface area (Å²) in [5.41, 5.74) is 8.39. The third kappa shape index (κ3) is 8.07. The summed E-state index contributed by atoms with van der Waals surface area (Å²) < 4.78 is 0. The number of halogens is 2. The minimum atomic E-state index is -0.332. The van der Waals surface area contributed by atoms with E-state index in [1.165, 1.54) is 6.20 Å². The Bertz CT molecular complexity index is 971. The first kappa shape index (κ1) is 24.4. The van der Waals surface area contributed by atoms with E-state index in [9.17, 15) is 4.79 Å². The number of nitrogens with one attached hydrogen (secondary N) is 2. The van der Waals surface area contributed by atoms with Crippen molar-refractivity contribution in [1.29, 1.82) is 0 Å². The molecule has 0 unspecified atom stereocenters. The van der Waals surface area contributed by atoms with E-state index in [1.54, 1.807) is 25.3 Å². The molecule has 2 aromatic rings. The number of rotatable bonds is 10. The van der Waals surface area contributed by atoms with E-state index >= 15 is 0 Å². The molecule has 0 fully saturated rings. The number of carbonyl (C=O) groups is 1. The zero-order valence-electron chi connectivity index (χ0n) is 17.7. The monoisotopic (exact) mass is 459 g/mol. The second kappa shape index (κ2) is 12.8. The van der Waals surface area contributed by atoms with Crippen molar-refractivity contribution in [1.82, 2.24) is 15.6 Å². The van der Waals surface area contributed by atoms with Crippen molar-refractivity contribution in [3.8, 4) is 0 Å². The highest BCUT2D eigenvalue weighted by Crippen LogP contribution is 2.22. The van der Waals surface area contributed by atoms with Crippen LogP contribution in [-0.2, 0) is 17.8 Å². The van der Waals surface area contributed by atoms with Gasteiger partial charge in [0, 0.05) is 31.4 Å². The SMILES string of the molecule is CCC=C(NCc1ccc(Cl)c(Cl)c1)NC(=O)C(=NCCc1ccccn1)/C(C)=C\N. The summed E-state index contributed by atoms with van der Waals surface area (Å²) in [6, 6.07) is 11.1. The van der Waals surface area contributed by atoms with Gasteiger partial charge < -0.3 is 16.4 Å². The second-order valence-corrected chi connectivity index (χ2v) is 7.55. The van der Waals surface area contributed by atoms with Gasteiger partial charge in [0.15, 0.2) is 0 Å². The number of hydrogen-bond donors (Lipinski definition) is 3. The van der Waals surface area contributed by atoms with Gasteiger partial charge in [-0.05, 0) is 61.0 Å². The molecule has 4 N–H and O–H groups in total. The van der Waals surface area contributed by atoms with Gasteiger partial charge in [0.25, 0.3) is 5.91 Å². The summed E-state index contributed by atoms with van der Waals surface area (Å²) in [6.45, 7) is 4.64. The molecule has 31 heavy (non-hydrogen) atoms. The molecule has 0 radical (unpaired) electrons. The first-order valence-corrected chi connectivity index (χ1v) is 10.7. The van der Waals surface area contributed by atoms with Crippen LogP contribution in [0, 0.1) is 0 Å². The third-order valence-corrected chi connectivity index (χ3v) is 5.07. The normalized spacial score (nSPS) is 12.6. The Morgan fingerprint density at radius 3 is 2.68 bits per heavy atom. The minimum absolute atomic E-state index is 0.289. The van der Waals surface area contributed by atoms with Crippen molar-refractivity contribution in [2.45, 2.75) is 33.2 Å². The number of aromatic nitrogens is 1. The van der Waals surface area contributed by atoms with Gasteiger partial charge in [0.2, 0.25) is 0 Å². The Morgan fingerprint density at radius 2 is 2.03 bits per heavy atom. The highest BCUT2D eigenvalue weighted by atomic mass is 35.5. The van der Waals surface area contributed by atoms with Crippen LogP contribution in [0.4, 0.5) is 0 Å². The van der Waals surface area contributed by atoms with Gasteiger partial charge >= 0.3 is 0 Å². The van der Waals surface area contributed by atoms with Gasteiger partial charge in [-0.2, -0.15) is 0 Å². The van der Waals surface area contributed by atoms with Crippen molar-refractivity contribution < 1.29 is 4.79 Å². The fraction of sp³-hybridized carbons (Fsp3) is 0.261. The van der Waals surface area contributed by atoms with Gasteiger partial charge in [-0.25, -0.2) is 0 Å². The molecule has 8 heteroatoms. The van der Waals surface area contributed by atoms with E-state index in [1.807, 2.05) is 37.3 Å². The summed E-state index contributed by atoms with van der Waals surface area (Å²) in [5, 5.41) is 7.09. The van der Waals surface area contributed by atoms with Gasteiger partial charge in [0.05, 0.1) is 10.0 Å². The van der Waals surface area contributed by atoms with Gasteiger partial charge in [-0.1, -0.05) is 42.3 Å². The molecule has 0 aliphatic rings. The second-order valence-electron chi connectivity index (χ2n) is 6.73. The highest BCUT2D eigenvalue weighted by molar-refractivity contribution is 6.45. The lowest BCUT2D eigenvalue weighted by molar-refractivity contribution is -0.114. The molecule has 0 aliphatic heterocycles. The lowest BCUT2D eigenvalue weighted by Crippen LogP contribution is -2.36. The summed E-state index contributed by atoms with van der Waals surface area (Å²) in [7, 11) is 0. The topological polar surface area (TPSA) is 92.4 Å². The molecule has 0 saturated heterocycles. The minimum Gasteiger partial charge on any atom is -0.404 e. The molecular weight excluding hydrogens is 433 g/mol. The van der Waals surface area contributed by atoms with Crippen LogP contribution in [0.1, 0.15) is 31.5 Å². The Kier molecular flexibility index (Phi) is 10.1. The maximum Gasteiger partial charge on any atom is 0.275 e. The fourth-order valence-corrected chi connectivity index (χ4v) is 3.00. The molecule has 1 amide bonds. The van der Waals surface area contributed by atoms with Crippen molar-refractivity contribution >= 4 is 34.8 Å². The van der Waals surface area contributed by atoms with E-state index in [0.29, 0.717) is 40.9 Å². The zero-order valence-corrected chi connectivity index (χ0v) is 19.2. The van der Waals surface area contributed by atoms with Crippen molar-refractivity contribution in [2.24, 2.45) is 10.7 Å². The maximum absolute atomic E-state index is 12.9. The standard InChI is InChI=1S/C23H27Cl2N5O/c1-3-6-21(29-15-17-8-9-19(24)20(25)13-17)30-23(31)22(16(2)14-26)28-12-10-18-7-4-5-11-27-18/h4-9,11,13-14,29H,3,10,12,15,26H2,1-2H3,(H,30,31)/b16-14-,21-6?,28-22?. The molecule has 1 aromatic carbocycles. The molecule has 0 atom stereocenters. The number of carbonyl (C=O) groups excluding carboxylic acids is 1. The maximum atomic E-state index is 12.9. The van der Waals surface area contributed by atoms with Crippen LogP contribution >= 0.6 is 23.2 Å². The fourth-order valence-electron chi connectivity index (χ4n) is 2.68. The van der Waals surface area contributed by atoms with Crippen LogP contribution in [0.3, 0.4) is 0 Å². The van der Waals surface area contributed by atoms with Crippen molar-refractivity contribution in [2.75, 3.05) is 6.54 Å². The first-order chi connectivity index (χ1) is 14.9. The number of amides is 1. The lowest BCUT2D eigenvalue weighted by atomic mass is 10.1. The Labute approximate surface area is 193 Å². The largest absolute Gasteiger partial charge is 0.404 e. The van der Waals surface area contributed by atoms with E-state index in [-0.39, 0.29) is 11.6 Å². The summed E-state index contributed by atoms with van der Waals surface area (Å²) >= 11 is 12.0. The number of hydrogen-bond acceptors (Lipinski definition) is 5. The van der Waals surface area contributed by atoms with Gasteiger partial charge in [-0.3, -0.25) is 14.8 Å². The number of nitrogens with zero attached hydrogens (tertiary/aromatic N) is 2. The molecule has 0 bridgehead atoms. The van der Waals surface area contributed by atoms with Crippen LogP contribution in [0.25, 0.3) is 0 Å². The quantitative estimate of drug-likeness (QED) is 0.459. The highest BCUT2D eigenvalue weighted by Gasteiger charge is 2.15. The van der Waals surface area contributed by atoms with Crippen LogP contribution in [0.5, 0.6) is 0 Å².